The van der Waals surface area contributed by atoms with E-state index in [0.717, 1.165) is 48.8 Å². The number of thioether (sulfide) groups is 1. The minimum absolute atomic E-state index is 0.0850. The van der Waals surface area contributed by atoms with Gasteiger partial charge in [0, 0.05) is 18.9 Å². The summed E-state index contributed by atoms with van der Waals surface area (Å²) in [5.41, 5.74) is 2.37. The predicted octanol–water partition coefficient (Wildman–Crippen LogP) is 4.56. The van der Waals surface area contributed by atoms with Gasteiger partial charge in [-0.05, 0) is 57.1 Å². The lowest BCUT2D eigenvalue weighted by Gasteiger charge is -2.17. The van der Waals surface area contributed by atoms with E-state index >= 15 is 0 Å². The molecule has 1 saturated heterocycles. The van der Waals surface area contributed by atoms with Gasteiger partial charge in [0.1, 0.15) is 0 Å². The third-order valence-electron chi connectivity index (χ3n) is 5.29. The van der Waals surface area contributed by atoms with E-state index in [2.05, 4.69) is 6.08 Å². The Hall–Kier alpha value is -1.59. The van der Waals surface area contributed by atoms with Gasteiger partial charge in [-0.3, -0.25) is 9.36 Å². The number of ether oxygens (including phenoxy) is 1. The molecule has 0 N–H and O–H groups in total. The number of rotatable bonds is 6. The summed E-state index contributed by atoms with van der Waals surface area (Å²) in [6.45, 7) is 1.58. The molecule has 2 heterocycles. The minimum Gasteiger partial charge on any atom is -0.377 e. The molecule has 5 heteroatoms. The van der Waals surface area contributed by atoms with Crippen LogP contribution in [0.5, 0.6) is 0 Å². The molecular weight excluding hydrogens is 344 g/mol. The van der Waals surface area contributed by atoms with Crippen molar-refractivity contribution in [1.29, 1.82) is 0 Å². The molecule has 0 radical (unpaired) electrons. The fourth-order valence-corrected chi connectivity index (χ4v) is 4.88. The minimum atomic E-state index is 0.0850. The molecule has 2 aromatic rings. The van der Waals surface area contributed by atoms with Gasteiger partial charge in [-0.25, -0.2) is 4.98 Å². The highest BCUT2D eigenvalue weighted by Gasteiger charge is 2.18. The first-order chi connectivity index (χ1) is 12.8. The first kappa shape index (κ1) is 17.8. The van der Waals surface area contributed by atoms with Crippen LogP contribution in [0, 0.1) is 0 Å². The molecule has 1 aromatic carbocycles. The van der Waals surface area contributed by atoms with E-state index in [4.69, 9.17) is 9.72 Å². The van der Waals surface area contributed by atoms with Gasteiger partial charge in [0.15, 0.2) is 5.16 Å². The van der Waals surface area contributed by atoms with Crippen molar-refractivity contribution in [2.75, 3.05) is 12.4 Å². The van der Waals surface area contributed by atoms with Crippen LogP contribution < -0.4 is 5.56 Å². The molecule has 1 aliphatic carbocycles. The summed E-state index contributed by atoms with van der Waals surface area (Å²) >= 11 is 1.67. The summed E-state index contributed by atoms with van der Waals surface area (Å²) in [5.74, 6) is 0.869. The molecule has 1 atom stereocenters. The van der Waals surface area contributed by atoms with Crippen LogP contribution in [0.15, 0.2) is 45.9 Å². The van der Waals surface area contributed by atoms with Crippen molar-refractivity contribution in [1.82, 2.24) is 9.55 Å². The van der Waals surface area contributed by atoms with Crippen LogP contribution in [-0.2, 0) is 11.3 Å². The number of aromatic nitrogens is 2. The van der Waals surface area contributed by atoms with Gasteiger partial charge in [-0.1, -0.05) is 35.5 Å². The first-order valence-electron chi connectivity index (χ1n) is 9.73. The van der Waals surface area contributed by atoms with Gasteiger partial charge >= 0.3 is 0 Å². The maximum atomic E-state index is 13.1. The van der Waals surface area contributed by atoms with Gasteiger partial charge in [0.05, 0.1) is 17.0 Å². The largest absolute Gasteiger partial charge is 0.377 e. The monoisotopic (exact) mass is 370 g/mol. The third kappa shape index (κ3) is 4.04. The van der Waals surface area contributed by atoms with Crippen LogP contribution in [0.3, 0.4) is 0 Å². The topological polar surface area (TPSA) is 44.1 Å². The zero-order valence-corrected chi connectivity index (χ0v) is 16.0. The normalized spacial score (nSPS) is 20.5. The van der Waals surface area contributed by atoms with Crippen molar-refractivity contribution >= 4 is 22.7 Å². The number of para-hydroxylation sites is 1. The Labute approximate surface area is 158 Å². The molecule has 0 saturated carbocycles. The van der Waals surface area contributed by atoms with E-state index in [1.165, 1.54) is 31.3 Å². The van der Waals surface area contributed by atoms with Crippen molar-refractivity contribution < 1.29 is 4.74 Å². The van der Waals surface area contributed by atoms with Crippen LogP contribution in [0.4, 0.5) is 0 Å². The van der Waals surface area contributed by atoms with Crippen LogP contribution in [-0.4, -0.2) is 28.0 Å². The molecule has 138 valence electrons. The molecule has 4 rings (SSSR count). The fourth-order valence-electron chi connectivity index (χ4n) is 3.79. The SMILES string of the molecule is O=c1c2ccccc2nc(SC[C@H]2CCCO2)n1CCC1=CCCCC1. The van der Waals surface area contributed by atoms with Crippen LogP contribution in [0.25, 0.3) is 10.9 Å². The Morgan fingerprint density at radius 2 is 2.15 bits per heavy atom. The lowest BCUT2D eigenvalue weighted by Crippen LogP contribution is -2.24. The van der Waals surface area contributed by atoms with E-state index < -0.39 is 0 Å². The maximum absolute atomic E-state index is 13.1. The van der Waals surface area contributed by atoms with E-state index in [1.54, 1.807) is 11.8 Å². The number of nitrogens with zero attached hydrogens (tertiary/aromatic N) is 2. The highest BCUT2D eigenvalue weighted by molar-refractivity contribution is 7.99. The second kappa shape index (κ2) is 8.40. The van der Waals surface area contributed by atoms with Crippen molar-refractivity contribution in [2.24, 2.45) is 0 Å². The number of fused-ring (bicyclic) bond motifs is 1. The summed E-state index contributed by atoms with van der Waals surface area (Å²) in [5, 5.41) is 1.55. The maximum Gasteiger partial charge on any atom is 0.262 e. The Bertz CT molecular complexity index is 853. The standard InChI is InChI=1S/C21H26N2O2S/c24-20-18-10-4-5-11-19(18)22-21(26-15-17-9-6-14-25-17)23(20)13-12-16-7-2-1-3-8-16/h4-5,7,10-11,17H,1-3,6,8-9,12-15H2/t17-/m1/s1. The number of hydrogen-bond acceptors (Lipinski definition) is 4. The van der Waals surface area contributed by atoms with E-state index in [9.17, 15) is 4.79 Å². The fraction of sp³-hybridized carbons (Fsp3) is 0.524. The predicted molar refractivity (Wildman–Crippen MR) is 107 cm³/mol. The highest BCUT2D eigenvalue weighted by Crippen LogP contribution is 2.25. The van der Waals surface area contributed by atoms with Gasteiger partial charge in [0.25, 0.3) is 5.56 Å². The molecule has 0 unspecified atom stereocenters. The van der Waals surface area contributed by atoms with Crippen molar-refractivity contribution in [2.45, 2.75) is 62.8 Å². The number of hydrogen-bond donors (Lipinski definition) is 0. The summed E-state index contributed by atoms with van der Waals surface area (Å²) in [6.07, 6.45) is 10.8. The van der Waals surface area contributed by atoms with Crippen molar-refractivity contribution in [3.05, 3.63) is 46.3 Å². The highest BCUT2D eigenvalue weighted by atomic mass is 32.2. The smallest absolute Gasteiger partial charge is 0.262 e. The lowest BCUT2D eigenvalue weighted by molar-refractivity contribution is 0.129. The Kier molecular flexibility index (Phi) is 5.75. The zero-order valence-electron chi connectivity index (χ0n) is 15.2. The van der Waals surface area contributed by atoms with Crippen LogP contribution in [0.2, 0.25) is 0 Å². The zero-order chi connectivity index (χ0) is 17.8. The average Bonchev–Trinajstić information content (AvgIpc) is 3.20. The average molecular weight is 371 g/mol. The number of benzene rings is 1. The van der Waals surface area contributed by atoms with E-state index in [0.29, 0.717) is 5.39 Å². The van der Waals surface area contributed by atoms with Gasteiger partial charge in [0.2, 0.25) is 0 Å². The molecule has 1 aromatic heterocycles. The van der Waals surface area contributed by atoms with Gasteiger partial charge < -0.3 is 4.74 Å². The summed E-state index contributed by atoms with van der Waals surface area (Å²) < 4.78 is 7.63. The van der Waals surface area contributed by atoms with Crippen molar-refractivity contribution in [3.8, 4) is 0 Å². The number of allylic oxidation sites excluding steroid dienone is 2. The summed E-state index contributed by atoms with van der Waals surface area (Å²) in [7, 11) is 0. The molecule has 1 fully saturated rings. The third-order valence-corrected chi connectivity index (χ3v) is 6.40. The summed E-state index contributed by atoms with van der Waals surface area (Å²) in [6, 6.07) is 7.68. The van der Waals surface area contributed by atoms with Gasteiger partial charge in [-0.2, -0.15) is 0 Å². The second-order valence-corrected chi connectivity index (χ2v) is 8.16. The molecular formula is C21H26N2O2S. The molecule has 2 aliphatic rings. The Morgan fingerprint density at radius 1 is 1.23 bits per heavy atom. The van der Waals surface area contributed by atoms with E-state index in [1.807, 2.05) is 28.8 Å². The molecule has 0 bridgehead atoms. The van der Waals surface area contributed by atoms with Crippen LogP contribution in [0.1, 0.15) is 44.9 Å². The second-order valence-electron chi connectivity index (χ2n) is 7.17. The molecule has 1 aliphatic heterocycles. The quantitative estimate of drug-likeness (QED) is 0.425. The Balaban J connectivity index is 1.60. The molecule has 0 amide bonds. The molecule has 4 nitrogen and oxygen atoms in total. The Morgan fingerprint density at radius 3 is 2.96 bits per heavy atom. The van der Waals surface area contributed by atoms with Crippen molar-refractivity contribution in [3.63, 3.8) is 0 Å². The van der Waals surface area contributed by atoms with Gasteiger partial charge in [-0.15, -0.1) is 0 Å². The molecule has 0 spiro atoms. The first-order valence-corrected chi connectivity index (χ1v) is 10.7. The molecule has 26 heavy (non-hydrogen) atoms. The van der Waals surface area contributed by atoms with E-state index in [-0.39, 0.29) is 11.7 Å². The summed E-state index contributed by atoms with van der Waals surface area (Å²) in [4.78, 5) is 17.9. The lowest BCUT2D eigenvalue weighted by atomic mass is 9.97. The van der Waals surface area contributed by atoms with Crippen LogP contribution >= 0.6 is 11.8 Å².